The minimum Gasteiger partial charge on any atom is -0.392 e. The molecule has 4 heteroatoms. The van der Waals surface area contributed by atoms with Crippen LogP contribution in [0.4, 0.5) is 0 Å². The lowest BCUT2D eigenvalue weighted by molar-refractivity contribution is -0.150. The average Bonchev–Trinajstić information content (AvgIpc) is 2.13. The second-order valence-electron chi connectivity index (χ2n) is 3.24. The Hall–Kier alpha value is -1.26. The minimum absolute atomic E-state index is 0.0103. The van der Waals surface area contributed by atoms with E-state index >= 15 is 0 Å². The fraction of sp³-hybridized carbons (Fsp3) is 0.400. The highest BCUT2D eigenvalue weighted by Gasteiger charge is 2.43. The number of ketones is 2. The van der Waals surface area contributed by atoms with Gasteiger partial charge in [-0.3, -0.25) is 9.59 Å². The van der Waals surface area contributed by atoms with Crippen molar-refractivity contribution >= 4 is 11.6 Å². The lowest BCUT2D eigenvalue weighted by Crippen LogP contribution is -2.50. The van der Waals surface area contributed by atoms with Gasteiger partial charge in [0.05, 0.1) is 6.61 Å². The molecule has 0 saturated carbocycles. The summed E-state index contributed by atoms with van der Waals surface area (Å²) >= 11 is 0. The first-order valence-electron chi connectivity index (χ1n) is 4.01. The Balaban J connectivity index is 5.18. The molecule has 0 unspecified atom stereocenters. The lowest BCUT2D eigenvalue weighted by atomic mass is 9.87. The van der Waals surface area contributed by atoms with Crippen molar-refractivity contribution in [3.8, 4) is 0 Å². The van der Waals surface area contributed by atoms with Crippen LogP contribution in [0.1, 0.15) is 13.8 Å². The van der Waals surface area contributed by atoms with Crippen molar-refractivity contribution in [2.75, 3.05) is 6.61 Å². The van der Waals surface area contributed by atoms with Crippen LogP contribution in [0.2, 0.25) is 0 Å². The molecule has 0 radical (unpaired) electrons. The molecular weight excluding hydrogens is 184 g/mol. The van der Waals surface area contributed by atoms with Crippen LogP contribution >= 0.6 is 0 Å². The van der Waals surface area contributed by atoms with Gasteiger partial charge in [-0.25, -0.2) is 0 Å². The van der Waals surface area contributed by atoms with Crippen LogP contribution in [-0.4, -0.2) is 34.0 Å². The van der Waals surface area contributed by atoms with Crippen molar-refractivity contribution < 1.29 is 19.8 Å². The number of carbonyl (C=O) groups excluding carboxylic acids is 2. The molecule has 14 heavy (non-hydrogen) atoms. The number of aliphatic hydroxyl groups excluding tert-OH is 1. The zero-order valence-corrected chi connectivity index (χ0v) is 8.33. The van der Waals surface area contributed by atoms with E-state index in [1.165, 1.54) is 13.8 Å². The third-order valence-electron chi connectivity index (χ3n) is 1.76. The van der Waals surface area contributed by atoms with Crippen molar-refractivity contribution in [2.24, 2.45) is 0 Å². The van der Waals surface area contributed by atoms with Crippen molar-refractivity contribution in [3.05, 3.63) is 24.3 Å². The molecule has 78 valence electrons. The second-order valence-corrected chi connectivity index (χ2v) is 3.24. The number of Topliss-reactive ketones (excluding diaryl/α,β-unsaturated/α-hetero) is 2. The smallest absolute Gasteiger partial charge is 0.213 e. The standard InChI is InChI=1S/C10H14O4/c1-6(2)8(12)10(14,5-11)9(13)7(3)4/h11,14H,1,3,5H2,2,4H3. The Kier molecular flexibility index (Phi) is 3.92. The van der Waals surface area contributed by atoms with Crippen LogP contribution in [0.3, 0.4) is 0 Å². The molecule has 0 spiro atoms. The van der Waals surface area contributed by atoms with Crippen molar-refractivity contribution in [1.82, 2.24) is 0 Å². The van der Waals surface area contributed by atoms with Crippen molar-refractivity contribution in [3.63, 3.8) is 0 Å². The van der Waals surface area contributed by atoms with E-state index in [9.17, 15) is 14.7 Å². The summed E-state index contributed by atoms with van der Waals surface area (Å²) < 4.78 is 0. The number of carbonyl (C=O) groups is 2. The van der Waals surface area contributed by atoms with Crippen LogP contribution < -0.4 is 0 Å². The first-order valence-corrected chi connectivity index (χ1v) is 4.01. The molecule has 0 atom stereocenters. The zero-order valence-electron chi connectivity index (χ0n) is 8.33. The number of hydrogen-bond donors (Lipinski definition) is 2. The van der Waals surface area contributed by atoms with Crippen LogP contribution in [0.15, 0.2) is 24.3 Å². The van der Waals surface area contributed by atoms with Crippen LogP contribution in [0.25, 0.3) is 0 Å². The SMILES string of the molecule is C=C(C)C(=O)C(O)(CO)C(=O)C(=C)C. The van der Waals surface area contributed by atoms with Crippen LogP contribution in [0.5, 0.6) is 0 Å². The van der Waals surface area contributed by atoms with Gasteiger partial charge in [0, 0.05) is 0 Å². The van der Waals surface area contributed by atoms with Gasteiger partial charge in [-0.05, 0) is 25.0 Å². The summed E-state index contributed by atoms with van der Waals surface area (Å²) in [5.41, 5.74) is -2.40. The van der Waals surface area contributed by atoms with Gasteiger partial charge in [0.25, 0.3) is 0 Å². The molecule has 0 amide bonds. The van der Waals surface area contributed by atoms with E-state index in [0.717, 1.165) is 0 Å². The molecule has 0 rings (SSSR count). The van der Waals surface area contributed by atoms with Crippen LogP contribution in [0, 0.1) is 0 Å². The van der Waals surface area contributed by atoms with E-state index in [0.29, 0.717) is 0 Å². The van der Waals surface area contributed by atoms with E-state index in [1.54, 1.807) is 0 Å². The third kappa shape index (κ3) is 2.16. The van der Waals surface area contributed by atoms with Crippen molar-refractivity contribution in [2.45, 2.75) is 19.4 Å². The molecule has 0 aliphatic rings. The van der Waals surface area contributed by atoms with Gasteiger partial charge in [-0.15, -0.1) is 0 Å². The van der Waals surface area contributed by atoms with E-state index in [1.807, 2.05) is 0 Å². The highest BCUT2D eigenvalue weighted by molar-refractivity contribution is 6.21. The molecule has 0 fully saturated rings. The molecule has 0 bridgehead atoms. The van der Waals surface area contributed by atoms with E-state index < -0.39 is 23.8 Å². The quantitative estimate of drug-likeness (QED) is 0.481. The molecule has 0 saturated heterocycles. The second kappa shape index (κ2) is 4.30. The highest BCUT2D eigenvalue weighted by atomic mass is 16.3. The molecule has 0 aromatic rings. The maximum atomic E-state index is 11.4. The maximum absolute atomic E-state index is 11.4. The third-order valence-corrected chi connectivity index (χ3v) is 1.76. The Morgan fingerprint density at radius 2 is 1.43 bits per heavy atom. The van der Waals surface area contributed by atoms with Gasteiger partial charge in [0.15, 0.2) is 11.6 Å². The van der Waals surface area contributed by atoms with Gasteiger partial charge in [0.2, 0.25) is 5.60 Å². The maximum Gasteiger partial charge on any atom is 0.213 e. The summed E-state index contributed by atoms with van der Waals surface area (Å²) in [5, 5.41) is 18.5. The Labute approximate surface area is 82.6 Å². The van der Waals surface area contributed by atoms with Gasteiger partial charge in [-0.1, -0.05) is 13.2 Å². The molecule has 0 heterocycles. The molecule has 0 aliphatic carbocycles. The monoisotopic (exact) mass is 198 g/mol. The van der Waals surface area contributed by atoms with E-state index in [-0.39, 0.29) is 11.1 Å². The molecular formula is C10H14O4. The summed E-state index contributed by atoms with van der Waals surface area (Å²) in [6.07, 6.45) is 0. The van der Waals surface area contributed by atoms with Gasteiger partial charge in [-0.2, -0.15) is 0 Å². The van der Waals surface area contributed by atoms with E-state index in [2.05, 4.69) is 13.2 Å². The summed E-state index contributed by atoms with van der Waals surface area (Å²) in [6.45, 7) is 8.36. The fourth-order valence-electron chi connectivity index (χ4n) is 0.953. The molecule has 0 aromatic carbocycles. The first kappa shape index (κ1) is 12.7. The van der Waals surface area contributed by atoms with E-state index in [4.69, 9.17) is 5.11 Å². The Morgan fingerprint density at radius 3 is 1.57 bits per heavy atom. The summed E-state index contributed by atoms with van der Waals surface area (Å²) in [5.74, 6) is -1.76. The predicted molar refractivity (Wildman–Crippen MR) is 51.7 cm³/mol. The van der Waals surface area contributed by atoms with Crippen LogP contribution in [-0.2, 0) is 9.59 Å². The fourth-order valence-corrected chi connectivity index (χ4v) is 0.953. The first-order chi connectivity index (χ1) is 6.27. The normalized spacial score (nSPS) is 10.9. The van der Waals surface area contributed by atoms with Gasteiger partial charge in [0.1, 0.15) is 0 Å². The largest absolute Gasteiger partial charge is 0.392 e. The lowest BCUT2D eigenvalue weighted by Gasteiger charge is -2.22. The average molecular weight is 198 g/mol. The molecule has 0 aromatic heterocycles. The number of rotatable bonds is 5. The topological polar surface area (TPSA) is 74.6 Å². The highest BCUT2D eigenvalue weighted by Crippen LogP contribution is 2.15. The zero-order chi connectivity index (χ0) is 11.5. The Bertz CT molecular complexity index is 275. The van der Waals surface area contributed by atoms with Crippen molar-refractivity contribution in [1.29, 1.82) is 0 Å². The summed E-state index contributed by atoms with van der Waals surface area (Å²) in [6, 6.07) is 0. The molecule has 4 nitrogen and oxygen atoms in total. The number of hydrogen-bond acceptors (Lipinski definition) is 4. The predicted octanol–water partition coefficient (Wildman–Crippen LogP) is 0.000200. The van der Waals surface area contributed by atoms with Gasteiger partial charge < -0.3 is 10.2 Å². The van der Waals surface area contributed by atoms with Gasteiger partial charge >= 0.3 is 0 Å². The molecule has 0 aliphatic heterocycles. The minimum atomic E-state index is -2.42. The summed E-state index contributed by atoms with van der Waals surface area (Å²) in [4.78, 5) is 22.7. The molecule has 2 N–H and O–H groups in total. The number of aliphatic hydroxyl groups is 2. The Morgan fingerprint density at radius 1 is 1.14 bits per heavy atom. The summed E-state index contributed by atoms with van der Waals surface area (Å²) in [7, 11) is 0.